The first-order valence-corrected chi connectivity index (χ1v) is 12.7. The third-order valence-electron chi connectivity index (χ3n) is 5.79. The number of methoxy groups -OCH3 is 1. The summed E-state index contributed by atoms with van der Waals surface area (Å²) >= 11 is 1.73. The van der Waals surface area contributed by atoms with E-state index in [2.05, 4.69) is 24.9 Å². The van der Waals surface area contributed by atoms with E-state index in [0.717, 1.165) is 24.9 Å². The lowest BCUT2D eigenvalue weighted by Gasteiger charge is -2.37. The summed E-state index contributed by atoms with van der Waals surface area (Å²) in [6.07, 6.45) is 2.73. The van der Waals surface area contributed by atoms with Crippen molar-refractivity contribution in [1.29, 1.82) is 0 Å². The van der Waals surface area contributed by atoms with Crippen LogP contribution in [0.5, 0.6) is 11.5 Å². The van der Waals surface area contributed by atoms with Gasteiger partial charge in [0.25, 0.3) is 0 Å². The second-order valence-electron chi connectivity index (χ2n) is 8.33. The summed E-state index contributed by atoms with van der Waals surface area (Å²) in [6, 6.07) is 9.48. The minimum absolute atomic E-state index is 0.0399. The van der Waals surface area contributed by atoms with Gasteiger partial charge in [0.1, 0.15) is 6.61 Å². The van der Waals surface area contributed by atoms with Crippen molar-refractivity contribution >= 4 is 17.2 Å². The maximum atomic E-state index is 13.5. The van der Waals surface area contributed by atoms with Gasteiger partial charge in [-0.3, -0.25) is 9.69 Å². The number of aliphatic hydroxyl groups is 1. The Morgan fingerprint density at radius 1 is 1.35 bits per heavy atom. The lowest BCUT2D eigenvalue weighted by molar-refractivity contribution is -0.136. The molecule has 0 radical (unpaired) electrons. The average molecular weight is 489 g/mol. The number of hydrogen-bond donors (Lipinski definition) is 1. The van der Waals surface area contributed by atoms with Crippen molar-refractivity contribution < 1.29 is 24.1 Å². The number of benzene rings is 1. The molecule has 34 heavy (non-hydrogen) atoms. The molecule has 0 bridgehead atoms. The molecule has 7 nitrogen and oxygen atoms in total. The van der Waals surface area contributed by atoms with Gasteiger partial charge in [0.2, 0.25) is 5.91 Å². The number of aliphatic hydroxyl groups excluding tert-OH is 1. The van der Waals surface area contributed by atoms with Crippen LogP contribution < -0.4 is 9.47 Å². The number of rotatable bonds is 14. The maximum Gasteiger partial charge on any atom is 0.237 e. The third-order valence-corrected chi connectivity index (χ3v) is 6.79. The molecule has 1 amide bonds. The van der Waals surface area contributed by atoms with Crippen molar-refractivity contribution in [1.82, 2.24) is 9.80 Å². The van der Waals surface area contributed by atoms with Crippen molar-refractivity contribution in [3.63, 3.8) is 0 Å². The first-order chi connectivity index (χ1) is 16.6. The Hall–Kier alpha value is -2.39. The van der Waals surface area contributed by atoms with E-state index < -0.39 is 6.10 Å². The fourth-order valence-electron chi connectivity index (χ4n) is 4.25. The number of carbonyl (C=O) groups is 1. The zero-order valence-electron chi connectivity index (χ0n) is 20.2. The van der Waals surface area contributed by atoms with Crippen LogP contribution in [-0.2, 0) is 16.0 Å². The van der Waals surface area contributed by atoms with Gasteiger partial charge in [0.05, 0.1) is 39.0 Å². The van der Waals surface area contributed by atoms with Gasteiger partial charge in [-0.15, -0.1) is 17.9 Å². The molecule has 2 aromatic rings. The highest BCUT2D eigenvalue weighted by molar-refractivity contribution is 7.10. The zero-order valence-corrected chi connectivity index (χ0v) is 21.0. The van der Waals surface area contributed by atoms with Crippen LogP contribution in [0.25, 0.3) is 0 Å². The van der Waals surface area contributed by atoms with E-state index >= 15 is 0 Å². The van der Waals surface area contributed by atoms with Crippen molar-refractivity contribution in [3.8, 4) is 11.5 Å². The summed E-state index contributed by atoms with van der Waals surface area (Å²) in [5.41, 5.74) is 1.15. The van der Waals surface area contributed by atoms with Crippen LogP contribution in [0.1, 0.15) is 29.8 Å². The molecule has 0 fully saturated rings. The zero-order chi connectivity index (χ0) is 24.3. The maximum absolute atomic E-state index is 13.5. The predicted molar refractivity (Wildman–Crippen MR) is 135 cm³/mol. The second kappa shape index (κ2) is 13.5. The number of carbonyl (C=O) groups excluding carboxylic acids is 1. The van der Waals surface area contributed by atoms with Crippen LogP contribution in [0.15, 0.2) is 48.4 Å². The van der Waals surface area contributed by atoms with Crippen LogP contribution >= 0.6 is 11.3 Å². The predicted octanol–water partition coefficient (Wildman–Crippen LogP) is 3.54. The Labute approximate surface area is 206 Å². The molecule has 1 aromatic carbocycles. The van der Waals surface area contributed by atoms with Gasteiger partial charge in [0.15, 0.2) is 11.5 Å². The SMILES string of the molecule is C=CCOC[C@@H](O)CN(CCC)CC(=O)N1CCc2sccc2[C@@H]1COc1ccccc1OC. The molecule has 2 heterocycles. The molecular formula is C26H36N2O5S. The lowest BCUT2D eigenvalue weighted by Crippen LogP contribution is -2.48. The van der Waals surface area contributed by atoms with Gasteiger partial charge in [0, 0.05) is 18.0 Å². The molecule has 1 aromatic heterocycles. The Morgan fingerprint density at radius 2 is 2.15 bits per heavy atom. The number of fused-ring (bicyclic) bond motifs is 1. The highest BCUT2D eigenvalue weighted by Gasteiger charge is 2.33. The first-order valence-electron chi connectivity index (χ1n) is 11.8. The molecule has 8 heteroatoms. The van der Waals surface area contributed by atoms with Gasteiger partial charge in [-0.25, -0.2) is 0 Å². The van der Waals surface area contributed by atoms with Gasteiger partial charge in [-0.2, -0.15) is 0 Å². The Bertz CT molecular complexity index is 918. The van der Waals surface area contributed by atoms with Crippen molar-refractivity contribution in [3.05, 3.63) is 58.8 Å². The van der Waals surface area contributed by atoms with Crippen LogP contribution in [0.2, 0.25) is 0 Å². The quantitative estimate of drug-likeness (QED) is 0.324. The molecule has 0 saturated carbocycles. The number of thiophene rings is 1. The van der Waals surface area contributed by atoms with Crippen molar-refractivity contribution in [2.75, 3.05) is 53.1 Å². The molecule has 0 aliphatic carbocycles. The molecular weight excluding hydrogens is 452 g/mol. The summed E-state index contributed by atoms with van der Waals surface area (Å²) in [5.74, 6) is 1.37. The topological polar surface area (TPSA) is 71.5 Å². The van der Waals surface area contributed by atoms with Crippen LogP contribution in [-0.4, -0.2) is 80.0 Å². The van der Waals surface area contributed by atoms with Crippen LogP contribution in [0.3, 0.4) is 0 Å². The number of nitrogens with zero attached hydrogens (tertiary/aromatic N) is 2. The molecule has 3 rings (SSSR count). The molecule has 1 aliphatic heterocycles. The number of hydrogen-bond acceptors (Lipinski definition) is 7. The van der Waals surface area contributed by atoms with Gasteiger partial charge < -0.3 is 24.2 Å². The van der Waals surface area contributed by atoms with E-state index in [1.165, 1.54) is 4.88 Å². The summed E-state index contributed by atoms with van der Waals surface area (Å²) < 4.78 is 16.9. The number of ether oxygens (including phenoxy) is 3. The van der Waals surface area contributed by atoms with Gasteiger partial charge in [-0.05, 0) is 48.5 Å². The molecule has 0 saturated heterocycles. The van der Waals surface area contributed by atoms with E-state index in [1.54, 1.807) is 24.5 Å². The van der Waals surface area contributed by atoms with Crippen LogP contribution in [0, 0.1) is 0 Å². The van der Waals surface area contributed by atoms with Gasteiger partial charge in [-0.1, -0.05) is 25.1 Å². The fraction of sp³-hybridized carbons (Fsp3) is 0.500. The van der Waals surface area contributed by atoms with E-state index in [0.29, 0.717) is 37.8 Å². The molecule has 2 atom stereocenters. The average Bonchev–Trinajstić information content (AvgIpc) is 3.32. The normalized spacial score (nSPS) is 16.2. The second-order valence-corrected chi connectivity index (χ2v) is 9.33. The van der Waals surface area contributed by atoms with Crippen molar-refractivity contribution in [2.24, 2.45) is 0 Å². The first kappa shape index (κ1) is 26.2. The largest absolute Gasteiger partial charge is 0.493 e. The van der Waals surface area contributed by atoms with Crippen LogP contribution in [0.4, 0.5) is 0 Å². The molecule has 186 valence electrons. The monoisotopic (exact) mass is 488 g/mol. The molecule has 0 spiro atoms. The third kappa shape index (κ3) is 7.06. The highest BCUT2D eigenvalue weighted by Crippen LogP contribution is 2.35. The Balaban J connectivity index is 1.69. The molecule has 0 unspecified atom stereocenters. The van der Waals surface area contributed by atoms with Gasteiger partial charge >= 0.3 is 0 Å². The highest BCUT2D eigenvalue weighted by atomic mass is 32.1. The Morgan fingerprint density at radius 3 is 2.88 bits per heavy atom. The summed E-state index contributed by atoms with van der Waals surface area (Å²) in [5, 5.41) is 12.4. The number of amides is 1. The van der Waals surface area contributed by atoms with Crippen molar-refractivity contribution in [2.45, 2.75) is 31.9 Å². The minimum Gasteiger partial charge on any atom is -0.493 e. The smallest absolute Gasteiger partial charge is 0.237 e. The summed E-state index contributed by atoms with van der Waals surface area (Å²) in [7, 11) is 1.62. The standard InChI is InChI=1S/C26H36N2O5S/c1-4-12-27(16-20(29)18-32-14-5-2)17-26(30)28-13-10-25-21(11-15-34-25)22(28)19-33-24-9-7-6-8-23(24)31-3/h5-9,11,15,20,22,29H,2,4,10,12-14,16-19H2,1,3H3/t20-,22-/m0/s1. The fourth-order valence-corrected chi connectivity index (χ4v) is 5.18. The minimum atomic E-state index is -0.659. The summed E-state index contributed by atoms with van der Waals surface area (Å²) in [4.78, 5) is 18.7. The lowest BCUT2D eigenvalue weighted by atomic mass is 10.0. The Kier molecular flexibility index (Phi) is 10.4. The summed E-state index contributed by atoms with van der Waals surface area (Å²) in [6.45, 7) is 8.66. The number of para-hydroxylation sites is 2. The van der Waals surface area contributed by atoms with E-state index in [4.69, 9.17) is 14.2 Å². The molecule has 1 aliphatic rings. The van der Waals surface area contributed by atoms with E-state index in [9.17, 15) is 9.90 Å². The molecule has 1 N–H and O–H groups in total. The van der Waals surface area contributed by atoms with E-state index in [1.807, 2.05) is 34.1 Å². The van der Waals surface area contributed by atoms with E-state index in [-0.39, 0.29) is 25.1 Å².